The van der Waals surface area contributed by atoms with E-state index in [4.69, 9.17) is 0 Å². The van der Waals surface area contributed by atoms with Crippen molar-refractivity contribution < 1.29 is 9.59 Å². The third kappa shape index (κ3) is 5.66. The van der Waals surface area contributed by atoms with Crippen molar-refractivity contribution in [1.29, 1.82) is 0 Å². The predicted octanol–water partition coefficient (Wildman–Crippen LogP) is -0.646. The van der Waals surface area contributed by atoms with Gasteiger partial charge in [-0.15, -0.1) is 0 Å². The van der Waals surface area contributed by atoms with E-state index in [0.717, 1.165) is 32.5 Å². The first-order valence-corrected chi connectivity index (χ1v) is 7.40. The standard InChI is InChI=1S/C14H28N4O2/c1-11(19)13(5-4-6-15-3)17-10-18-8-7-16-9-14(18)12(2)20/h13-17H,4-10H2,1-3H3/t13-,14-/m1/s1. The molecule has 0 radical (unpaired) electrons. The van der Waals surface area contributed by atoms with Crippen LogP contribution in [0, 0.1) is 0 Å². The van der Waals surface area contributed by atoms with E-state index in [9.17, 15) is 9.59 Å². The normalized spacial score (nSPS) is 21.6. The highest BCUT2D eigenvalue weighted by atomic mass is 16.1. The summed E-state index contributed by atoms with van der Waals surface area (Å²) in [4.78, 5) is 25.4. The summed E-state index contributed by atoms with van der Waals surface area (Å²) in [6.45, 7) is 7.16. The maximum atomic E-state index is 11.6. The first-order chi connectivity index (χ1) is 9.56. The van der Waals surface area contributed by atoms with Crippen LogP contribution in [0.5, 0.6) is 0 Å². The zero-order chi connectivity index (χ0) is 15.0. The molecule has 0 spiro atoms. The highest BCUT2D eigenvalue weighted by Crippen LogP contribution is 2.05. The molecule has 0 unspecified atom stereocenters. The molecule has 1 rings (SSSR count). The van der Waals surface area contributed by atoms with E-state index in [1.54, 1.807) is 13.8 Å². The second-order valence-electron chi connectivity index (χ2n) is 5.41. The summed E-state index contributed by atoms with van der Waals surface area (Å²) >= 11 is 0. The van der Waals surface area contributed by atoms with Crippen molar-refractivity contribution in [2.24, 2.45) is 0 Å². The van der Waals surface area contributed by atoms with Gasteiger partial charge in [-0.3, -0.25) is 19.8 Å². The molecule has 0 bridgehead atoms. The summed E-state index contributed by atoms with van der Waals surface area (Å²) < 4.78 is 0. The fourth-order valence-corrected chi connectivity index (χ4v) is 2.50. The molecule has 1 saturated heterocycles. The fraction of sp³-hybridized carbons (Fsp3) is 0.857. The minimum Gasteiger partial charge on any atom is -0.320 e. The Morgan fingerprint density at radius 1 is 1.40 bits per heavy atom. The second-order valence-corrected chi connectivity index (χ2v) is 5.41. The van der Waals surface area contributed by atoms with E-state index in [-0.39, 0.29) is 23.7 Å². The summed E-state index contributed by atoms with van der Waals surface area (Å²) in [6, 6.07) is -0.202. The average molecular weight is 284 g/mol. The lowest BCUT2D eigenvalue weighted by Gasteiger charge is -2.35. The highest BCUT2D eigenvalue weighted by molar-refractivity contribution is 5.82. The Hall–Kier alpha value is -0.820. The van der Waals surface area contributed by atoms with Crippen LogP contribution < -0.4 is 16.0 Å². The first kappa shape index (κ1) is 17.2. The molecule has 6 heteroatoms. The Labute approximate surface area is 121 Å². The van der Waals surface area contributed by atoms with Crippen LogP contribution in [-0.4, -0.2) is 68.4 Å². The lowest BCUT2D eigenvalue weighted by Crippen LogP contribution is -2.58. The Balaban J connectivity index is 2.44. The molecule has 116 valence electrons. The van der Waals surface area contributed by atoms with Gasteiger partial charge in [0.1, 0.15) is 11.6 Å². The highest BCUT2D eigenvalue weighted by Gasteiger charge is 2.26. The summed E-state index contributed by atoms with van der Waals surface area (Å²) in [5, 5.41) is 9.62. The molecular weight excluding hydrogens is 256 g/mol. The molecule has 20 heavy (non-hydrogen) atoms. The zero-order valence-corrected chi connectivity index (χ0v) is 12.9. The van der Waals surface area contributed by atoms with Crippen LogP contribution in [0.25, 0.3) is 0 Å². The van der Waals surface area contributed by atoms with Gasteiger partial charge in [0.15, 0.2) is 0 Å². The SMILES string of the molecule is CNCCC[C@@H](NCN1CCNC[C@@H]1C(C)=O)C(C)=O. The number of carbonyl (C=O) groups excluding carboxylic acids is 2. The monoisotopic (exact) mass is 284 g/mol. The van der Waals surface area contributed by atoms with E-state index in [0.29, 0.717) is 13.2 Å². The molecule has 0 aromatic carbocycles. The summed E-state index contributed by atoms with van der Waals surface area (Å²) in [6.07, 6.45) is 1.79. The van der Waals surface area contributed by atoms with E-state index >= 15 is 0 Å². The van der Waals surface area contributed by atoms with Crippen LogP contribution in [-0.2, 0) is 9.59 Å². The number of Topliss-reactive ketones (excluding diaryl/α,β-unsaturated/α-hetero) is 2. The van der Waals surface area contributed by atoms with Crippen LogP contribution in [0.1, 0.15) is 26.7 Å². The molecule has 3 N–H and O–H groups in total. The first-order valence-electron chi connectivity index (χ1n) is 7.40. The third-order valence-corrected chi connectivity index (χ3v) is 3.77. The van der Waals surface area contributed by atoms with Crippen molar-refractivity contribution in [2.75, 3.05) is 39.9 Å². The van der Waals surface area contributed by atoms with Crippen molar-refractivity contribution >= 4 is 11.6 Å². The van der Waals surface area contributed by atoms with E-state index in [1.165, 1.54) is 0 Å². The molecule has 0 aliphatic carbocycles. The van der Waals surface area contributed by atoms with Crippen LogP contribution in [0.3, 0.4) is 0 Å². The van der Waals surface area contributed by atoms with Gasteiger partial charge in [-0.1, -0.05) is 0 Å². The summed E-state index contributed by atoms with van der Waals surface area (Å²) in [7, 11) is 1.91. The molecule has 6 nitrogen and oxygen atoms in total. The van der Waals surface area contributed by atoms with E-state index in [2.05, 4.69) is 20.9 Å². The van der Waals surface area contributed by atoms with Crippen LogP contribution >= 0.6 is 0 Å². The van der Waals surface area contributed by atoms with Crippen molar-refractivity contribution in [3.63, 3.8) is 0 Å². The molecule has 1 fully saturated rings. The number of rotatable bonds is 9. The van der Waals surface area contributed by atoms with Gasteiger partial charge >= 0.3 is 0 Å². The molecule has 0 aromatic heterocycles. The fourth-order valence-electron chi connectivity index (χ4n) is 2.50. The molecule has 0 aromatic rings. The number of carbonyl (C=O) groups is 2. The van der Waals surface area contributed by atoms with Crippen molar-refractivity contribution in [2.45, 2.75) is 38.8 Å². The van der Waals surface area contributed by atoms with Crippen molar-refractivity contribution in [3.05, 3.63) is 0 Å². The number of nitrogens with zero attached hydrogens (tertiary/aromatic N) is 1. The summed E-state index contributed by atoms with van der Waals surface area (Å²) in [5.74, 6) is 0.337. The Kier molecular flexibility index (Phi) is 7.91. The van der Waals surface area contributed by atoms with Gasteiger partial charge in [-0.05, 0) is 40.3 Å². The molecular formula is C14H28N4O2. The topological polar surface area (TPSA) is 73.5 Å². The van der Waals surface area contributed by atoms with Gasteiger partial charge < -0.3 is 10.6 Å². The summed E-state index contributed by atoms with van der Waals surface area (Å²) in [5.41, 5.74) is 0. The van der Waals surface area contributed by atoms with Gasteiger partial charge in [0.05, 0.1) is 12.1 Å². The van der Waals surface area contributed by atoms with E-state index < -0.39 is 0 Å². The number of piperazine rings is 1. The van der Waals surface area contributed by atoms with Gasteiger partial charge in [-0.2, -0.15) is 0 Å². The van der Waals surface area contributed by atoms with Gasteiger partial charge in [0.25, 0.3) is 0 Å². The van der Waals surface area contributed by atoms with Crippen molar-refractivity contribution in [3.8, 4) is 0 Å². The third-order valence-electron chi connectivity index (χ3n) is 3.77. The van der Waals surface area contributed by atoms with Gasteiger partial charge in [0.2, 0.25) is 0 Å². The van der Waals surface area contributed by atoms with Gasteiger partial charge in [-0.25, -0.2) is 0 Å². The van der Waals surface area contributed by atoms with Crippen LogP contribution in [0.2, 0.25) is 0 Å². The molecule has 2 atom stereocenters. The number of ketones is 2. The number of hydrogen-bond donors (Lipinski definition) is 3. The minimum atomic E-state index is -0.120. The predicted molar refractivity (Wildman–Crippen MR) is 79.7 cm³/mol. The lowest BCUT2D eigenvalue weighted by molar-refractivity contribution is -0.123. The van der Waals surface area contributed by atoms with Crippen LogP contribution in [0.4, 0.5) is 0 Å². The quantitative estimate of drug-likeness (QED) is 0.489. The maximum Gasteiger partial charge on any atom is 0.148 e. The molecule has 1 aliphatic heterocycles. The van der Waals surface area contributed by atoms with Crippen LogP contribution in [0.15, 0.2) is 0 Å². The molecule has 0 amide bonds. The number of nitrogens with one attached hydrogen (secondary N) is 3. The molecule has 0 saturated carbocycles. The Morgan fingerprint density at radius 3 is 2.75 bits per heavy atom. The zero-order valence-electron chi connectivity index (χ0n) is 12.9. The maximum absolute atomic E-state index is 11.6. The molecule has 1 heterocycles. The molecule has 1 aliphatic rings. The van der Waals surface area contributed by atoms with Crippen molar-refractivity contribution in [1.82, 2.24) is 20.9 Å². The lowest BCUT2D eigenvalue weighted by atomic mass is 10.1. The second kappa shape index (κ2) is 9.18. The average Bonchev–Trinajstić information content (AvgIpc) is 2.42. The Morgan fingerprint density at radius 2 is 2.15 bits per heavy atom. The number of hydrogen-bond acceptors (Lipinski definition) is 6. The Bertz CT molecular complexity index is 322. The van der Waals surface area contributed by atoms with E-state index in [1.807, 2.05) is 7.05 Å². The minimum absolute atomic E-state index is 0.0823. The largest absolute Gasteiger partial charge is 0.320 e. The van der Waals surface area contributed by atoms with Gasteiger partial charge in [0, 0.05) is 26.3 Å². The smallest absolute Gasteiger partial charge is 0.148 e.